The van der Waals surface area contributed by atoms with E-state index in [0.717, 1.165) is 12.8 Å². The number of carbonyl (C=O) groups excluding carboxylic acids is 1. The van der Waals surface area contributed by atoms with Gasteiger partial charge in [0.25, 0.3) is 0 Å². The van der Waals surface area contributed by atoms with E-state index in [1.807, 2.05) is 0 Å². The Hall–Kier alpha value is -0.610. The highest BCUT2D eigenvalue weighted by molar-refractivity contribution is 5.76. The summed E-state index contributed by atoms with van der Waals surface area (Å²) in [6, 6.07) is -0.301. The van der Waals surface area contributed by atoms with Gasteiger partial charge in [-0.05, 0) is 6.42 Å². The summed E-state index contributed by atoms with van der Waals surface area (Å²) >= 11 is 0. The third-order valence-electron chi connectivity index (χ3n) is 3.13. The number of rotatable bonds is 8. The van der Waals surface area contributed by atoms with Crippen molar-refractivity contribution in [2.24, 2.45) is 0 Å². The van der Waals surface area contributed by atoms with Gasteiger partial charge in [-0.2, -0.15) is 0 Å². The summed E-state index contributed by atoms with van der Waals surface area (Å²) in [4.78, 5) is 11.5. The lowest BCUT2D eigenvalue weighted by Gasteiger charge is -2.09. The Morgan fingerprint density at radius 3 is 2.65 bits per heavy atom. The van der Waals surface area contributed by atoms with Gasteiger partial charge in [-0.1, -0.05) is 39.0 Å². The van der Waals surface area contributed by atoms with Gasteiger partial charge in [0.2, 0.25) is 0 Å². The molecule has 4 heteroatoms. The van der Waals surface area contributed by atoms with Crippen molar-refractivity contribution in [1.29, 1.82) is 0 Å². The summed E-state index contributed by atoms with van der Waals surface area (Å²) in [5.41, 5.74) is 0. The van der Waals surface area contributed by atoms with Crippen LogP contribution in [0, 0.1) is 0 Å². The Kier molecular flexibility index (Phi) is 7.21. The van der Waals surface area contributed by atoms with Crippen LogP contribution in [0.15, 0.2) is 0 Å². The van der Waals surface area contributed by atoms with E-state index >= 15 is 0 Å². The molecule has 1 aliphatic heterocycles. The molecule has 17 heavy (non-hydrogen) atoms. The van der Waals surface area contributed by atoms with Gasteiger partial charge in [0.05, 0.1) is 12.7 Å². The van der Waals surface area contributed by atoms with Gasteiger partial charge >= 0.3 is 5.97 Å². The quantitative estimate of drug-likeness (QED) is 0.502. The molecule has 2 atom stereocenters. The lowest BCUT2D eigenvalue weighted by Crippen LogP contribution is -2.32. The average molecular weight is 243 g/mol. The molecule has 0 aromatic carbocycles. The molecule has 0 unspecified atom stereocenters. The molecule has 1 aliphatic rings. The van der Waals surface area contributed by atoms with Gasteiger partial charge in [0.1, 0.15) is 6.04 Å². The normalized spacial score (nSPS) is 23.9. The molecule has 0 radical (unpaired) electrons. The minimum Gasteiger partial charge on any atom is -0.465 e. The van der Waals surface area contributed by atoms with Crippen molar-refractivity contribution in [2.45, 2.75) is 64.0 Å². The van der Waals surface area contributed by atoms with Crippen molar-refractivity contribution in [1.82, 2.24) is 5.32 Å². The minimum absolute atomic E-state index is 0.213. The van der Waals surface area contributed by atoms with E-state index in [4.69, 9.17) is 4.74 Å². The van der Waals surface area contributed by atoms with E-state index in [2.05, 4.69) is 12.2 Å². The maximum atomic E-state index is 11.5. The van der Waals surface area contributed by atoms with E-state index in [0.29, 0.717) is 19.6 Å². The Labute approximate surface area is 104 Å². The van der Waals surface area contributed by atoms with Crippen LogP contribution in [-0.2, 0) is 9.53 Å². The van der Waals surface area contributed by atoms with Gasteiger partial charge in [0, 0.05) is 13.0 Å². The van der Waals surface area contributed by atoms with Gasteiger partial charge in [0.15, 0.2) is 0 Å². The SMILES string of the molecule is CCCCCCCCOC(=O)[C@H]1C[C@@H](O)CN1. The smallest absolute Gasteiger partial charge is 0.323 e. The largest absolute Gasteiger partial charge is 0.465 e. The summed E-state index contributed by atoms with van der Waals surface area (Å²) in [6.07, 6.45) is 7.22. The molecule has 1 heterocycles. The zero-order chi connectivity index (χ0) is 12.5. The van der Waals surface area contributed by atoms with Crippen LogP contribution in [0.3, 0.4) is 0 Å². The third-order valence-corrected chi connectivity index (χ3v) is 3.13. The number of aliphatic hydroxyl groups excluding tert-OH is 1. The predicted octanol–water partition coefficient (Wildman–Crippen LogP) is 1.61. The first-order valence-corrected chi connectivity index (χ1v) is 6.82. The standard InChI is InChI=1S/C13H25NO3/c1-2-3-4-5-6-7-8-17-13(16)12-9-11(15)10-14-12/h11-12,14-15H,2-10H2,1H3/t11-,12-/m1/s1. The Morgan fingerprint density at radius 1 is 1.29 bits per heavy atom. The van der Waals surface area contributed by atoms with Crippen LogP contribution < -0.4 is 5.32 Å². The molecule has 1 fully saturated rings. The monoisotopic (exact) mass is 243 g/mol. The van der Waals surface area contributed by atoms with Crippen LogP contribution in [0.2, 0.25) is 0 Å². The highest BCUT2D eigenvalue weighted by Crippen LogP contribution is 2.09. The first-order valence-electron chi connectivity index (χ1n) is 6.82. The molecule has 100 valence electrons. The van der Waals surface area contributed by atoms with E-state index in [1.54, 1.807) is 0 Å². The van der Waals surface area contributed by atoms with Crippen LogP contribution in [-0.4, -0.2) is 36.4 Å². The predicted molar refractivity (Wildman–Crippen MR) is 66.7 cm³/mol. The summed E-state index contributed by atoms with van der Waals surface area (Å²) in [6.45, 7) is 3.21. The number of unbranched alkanes of at least 4 members (excludes halogenated alkanes) is 5. The van der Waals surface area contributed by atoms with Crippen molar-refractivity contribution in [3.05, 3.63) is 0 Å². The van der Waals surface area contributed by atoms with Crippen LogP contribution in [0.4, 0.5) is 0 Å². The second-order valence-corrected chi connectivity index (χ2v) is 4.79. The first-order chi connectivity index (χ1) is 8.24. The maximum Gasteiger partial charge on any atom is 0.323 e. The molecule has 0 amide bonds. The number of hydrogen-bond acceptors (Lipinski definition) is 4. The van der Waals surface area contributed by atoms with Crippen molar-refractivity contribution < 1.29 is 14.6 Å². The summed E-state index contributed by atoms with van der Waals surface area (Å²) in [5.74, 6) is -0.213. The molecule has 4 nitrogen and oxygen atoms in total. The molecule has 2 N–H and O–H groups in total. The summed E-state index contributed by atoms with van der Waals surface area (Å²) in [7, 11) is 0. The number of nitrogens with one attached hydrogen (secondary N) is 1. The summed E-state index contributed by atoms with van der Waals surface area (Å²) in [5, 5.41) is 12.2. The van der Waals surface area contributed by atoms with Gasteiger partial charge in [-0.15, -0.1) is 0 Å². The van der Waals surface area contributed by atoms with Crippen molar-refractivity contribution >= 4 is 5.97 Å². The van der Waals surface area contributed by atoms with Gasteiger partial charge < -0.3 is 15.2 Å². The van der Waals surface area contributed by atoms with Crippen LogP contribution in [0.25, 0.3) is 0 Å². The lowest BCUT2D eigenvalue weighted by molar-refractivity contribution is -0.146. The van der Waals surface area contributed by atoms with E-state index < -0.39 is 6.10 Å². The van der Waals surface area contributed by atoms with Crippen LogP contribution in [0.1, 0.15) is 51.9 Å². The lowest BCUT2D eigenvalue weighted by atomic mass is 10.1. The number of ether oxygens (including phenoxy) is 1. The molecule has 0 aliphatic carbocycles. The zero-order valence-corrected chi connectivity index (χ0v) is 10.8. The molecule has 1 saturated heterocycles. The second-order valence-electron chi connectivity index (χ2n) is 4.79. The number of aliphatic hydroxyl groups is 1. The molecule has 0 bridgehead atoms. The fraction of sp³-hybridized carbons (Fsp3) is 0.923. The number of carbonyl (C=O) groups is 1. The minimum atomic E-state index is -0.401. The zero-order valence-electron chi connectivity index (χ0n) is 10.8. The van der Waals surface area contributed by atoms with Crippen molar-refractivity contribution in [2.75, 3.05) is 13.2 Å². The second kappa shape index (κ2) is 8.48. The van der Waals surface area contributed by atoms with Gasteiger partial charge in [-0.25, -0.2) is 0 Å². The molecule has 0 aromatic rings. The van der Waals surface area contributed by atoms with Crippen LogP contribution >= 0.6 is 0 Å². The van der Waals surface area contributed by atoms with Crippen molar-refractivity contribution in [3.63, 3.8) is 0 Å². The number of β-amino-alcohol motifs (C(OH)–C–C–N with tert-alkyl or cyclic N) is 1. The molecule has 0 aromatic heterocycles. The van der Waals surface area contributed by atoms with Crippen molar-refractivity contribution in [3.8, 4) is 0 Å². The third kappa shape index (κ3) is 6.03. The molecule has 0 saturated carbocycles. The van der Waals surface area contributed by atoms with Gasteiger partial charge in [-0.3, -0.25) is 4.79 Å². The molecule has 1 rings (SSSR count). The highest BCUT2D eigenvalue weighted by Gasteiger charge is 2.28. The maximum absolute atomic E-state index is 11.5. The fourth-order valence-electron chi connectivity index (χ4n) is 2.05. The molecular weight excluding hydrogens is 218 g/mol. The van der Waals surface area contributed by atoms with E-state index in [-0.39, 0.29) is 12.0 Å². The Bertz CT molecular complexity index is 221. The van der Waals surface area contributed by atoms with E-state index in [1.165, 1.54) is 25.7 Å². The first kappa shape index (κ1) is 14.5. The van der Waals surface area contributed by atoms with Crippen LogP contribution in [0.5, 0.6) is 0 Å². The Morgan fingerprint density at radius 2 is 2.00 bits per heavy atom. The molecular formula is C13H25NO3. The average Bonchev–Trinajstić information content (AvgIpc) is 2.74. The Balaban J connectivity index is 1.93. The molecule has 0 spiro atoms. The fourth-order valence-corrected chi connectivity index (χ4v) is 2.05. The van der Waals surface area contributed by atoms with E-state index in [9.17, 15) is 9.90 Å². The number of hydrogen-bond donors (Lipinski definition) is 2. The topological polar surface area (TPSA) is 58.6 Å². The summed E-state index contributed by atoms with van der Waals surface area (Å²) < 4.78 is 5.17. The highest BCUT2D eigenvalue weighted by atomic mass is 16.5. The number of esters is 1.